The van der Waals surface area contributed by atoms with E-state index >= 15 is 0 Å². The minimum Gasteiger partial charge on any atom is -0.356 e. The van der Waals surface area contributed by atoms with E-state index in [1.807, 2.05) is 0 Å². The third kappa shape index (κ3) is 4.33. The van der Waals surface area contributed by atoms with Gasteiger partial charge in [-0.2, -0.15) is 0 Å². The van der Waals surface area contributed by atoms with Crippen LogP contribution in [0.15, 0.2) is 182 Å². The minimum atomic E-state index is -0.376. The van der Waals surface area contributed by atoms with Crippen molar-refractivity contribution in [3.63, 3.8) is 0 Å². The normalized spacial score (nSPS) is 12.7. The summed E-state index contributed by atoms with van der Waals surface area (Å²) in [7, 11) is 0. The molecule has 44 heavy (non-hydrogen) atoms. The molecule has 0 fully saturated rings. The second-order valence-electron chi connectivity index (χ2n) is 11.4. The highest BCUT2D eigenvalue weighted by Crippen LogP contribution is 2.56. The second-order valence-corrected chi connectivity index (χ2v) is 11.4. The van der Waals surface area contributed by atoms with Crippen LogP contribution in [0.3, 0.4) is 0 Å². The van der Waals surface area contributed by atoms with Gasteiger partial charge in [0.05, 0.1) is 5.41 Å². The van der Waals surface area contributed by atoms with E-state index < -0.39 is 0 Å². The maximum atomic E-state index is 3.66. The third-order valence-electron chi connectivity index (χ3n) is 8.95. The highest BCUT2D eigenvalue weighted by molar-refractivity contribution is 5.86. The Kier molecular flexibility index (Phi) is 6.43. The average molecular weight is 562 g/mol. The summed E-state index contributed by atoms with van der Waals surface area (Å²) in [6, 6.07) is 65.7. The molecule has 0 aromatic heterocycles. The van der Waals surface area contributed by atoms with Crippen molar-refractivity contribution in [1.29, 1.82) is 0 Å². The lowest BCUT2D eigenvalue weighted by molar-refractivity contribution is 0.768. The maximum Gasteiger partial charge on any atom is 0.0713 e. The van der Waals surface area contributed by atoms with E-state index in [9.17, 15) is 0 Å². The summed E-state index contributed by atoms with van der Waals surface area (Å²) < 4.78 is 0. The predicted octanol–water partition coefficient (Wildman–Crippen LogP) is 11.1. The van der Waals surface area contributed by atoms with Gasteiger partial charge in [0.1, 0.15) is 0 Å². The molecule has 0 spiro atoms. The summed E-state index contributed by atoms with van der Waals surface area (Å²) in [5.41, 5.74) is 14.4. The van der Waals surface area contributed by atoms with Crippen LogP contribution in [-0.2, 0) is 5.41 Å². The lowest BCUT2D eigenvalue weighted by Gasteiger charge is -2.34. The Balaban J connectivity index is 1.13. The Labute approximate surface area is 259 Å². The topological polar surface area (TPSA) is 12.0 Å². The Morgan fingerprint density at radius 1 is 0.318 bits per heavy atom. The largest absolute Gasteiger partial charge is 0.356 e. The molecule has 0 aliphatic heterocycles. The lowest BCUT2D eigenvalue weighted by Crippen LogP contribution is -2.28. The van der Waals surface area contributed by atoms with Crippen molar-refractivity contribution in [2.75, 3.05) is 5.32 Å². The fourth-order valence-corrected chi connectivity index (χ4v) is 6.94. The number of hydrogen-bond acceptors (Lipinski definition) is 1. The van der Waals surface area contributed by atoms with Crippen molar-refractivity contribution in [2.45, 2.75) is 5.41 Å². The van der Waals surface area contributed by atoms with Crippen LogP contribution in [0.4, 0.5) is 11.4 Å². The first-order valence-electron chi connectivity index (χ1n) is 15.2. The molecular formula is C43H31N. The highest BCUT2D eigenvalue weighted by atomic mass is 14.9. The van der Waals surface area contributed by atoms with Gasteiger partial charge in [-0.05, 0) is 79.9 Å². The van der Waals surface area contributed by atoms with Gasteiger partial charge in [0.25, 0.3) is 0 Å². The van der Waals surface area contributed by atoms with Gasteiger partial charge in [-0.3, -0.25) is 0 Å². The molecule has 208 valence electrons. The number of rotatable bonds is 6. The van der Waals surface area contributed by atoms with Gasteiger partial charge in [0.15, 0.2) is 0 Å². The molecule has 1 N–H and O–H groups in total. The van der Waals surface area contributed by atoms with Crippen LogP contribution in [0, 0.1) is 0 Å². The van der Waals surface area contributed by atoms with E-state index in [-0.39, 0.29) is 5.41 Å². The van der Waals surface area contributed by atoms with Crippen LogP contribution in [0.2, 0.25) is 0 Å². The molecule has 7 aromatic carbocycles. The molecule has 1 aliphatic rings. The molecule has 0 radical (unpaired) electrons. The van der Waals surface area contributed by atoms with Gasteiger partial charge in [-0.15, -0.1) is 0 Å². The van der Waals surface area contributed by atoms with Gasteiger partial charge in [0.2, 0.25) is 0 Å². The molecular weight excluding hydrogens is 530 g/mol. The molecule has 0 amide bonds. The van der Waals surface area contributed by atoms with E-state index in [2.05, 4.69) is 187 Å². The van der Waals surface area contributed by atoms with Gasteiger partial charge in [0, 0.05) is 11.4 Å². The van der Waals surface area contributed by atoms with Gasteiger partial charge in [-0.1, -0.05) is 158 Å². The molecule has 0 bridgehead atoms. The summed E-state index contributed by atoms with van der Waals surface area (Å²) in [4.78, 5) is 0. The summed E-state index contributed by atoms with van der Waals surface area (Å²) in [6.07, 6.45) is 0. The van der Waals surface area contributed by atoms with Gasteiger partial charge in [-0.25, -0.2) is 0 Å². The number of benzene rings is 7. The molecule has 7 aromatic rings. The first-order chi connectivity index (χ1) is 21.8. The van der Waals surface area contributed by atoms with Crippen molar-refractivity contribution in [3.05, 3.63) is 204 Å². The molecule has 0 saturated heterocycles. The Morgan fingerprint density at radius 3 is 1.43 bits per heavy atom. The maximum absolute atomic E-state index is 3.66. The zero-order valence-electron chi connectivity index (χ0n) is 24.3. The third-order valence-corrected chi connectivity index (χ3v) is 8.95. The molecule has 1 heteroatoms. The highest BCUT2D eigenvalue weighted by Gasteiger charge is 2.45. The number of fused-ring (bicyclic) bond motifs is 3. The number of anilines is 2. The molecule has 0 unspecified atom stereocenters. The smallest absolute Gasteiger partial charge is 0.0713 e. The van der Waals surface area contributed by atoms with Crippen molar-refractivity contribution in [1.82, 2.24) is 0 Å². The van der Waals surface area contributed by atoms with E-state index in [0.717, 1.165) is 11.4 Å². The Morgan fingerprint density at radius 2 is 0.795 bits per heavy atom. The Hall–Kier alpha value is -5.66. The van der Waals surface area contributed by atoms with Crippen LogP contribution in [-0.4, -0.2) is 0 Å². The molecule has 1 nitrogen and oxygen atoms in total. The fraction of sp³-hybridized carbons (Fsp3) is 0.0233. The van der Waals surface area contributed by atoms with E-state index in [1.54, 1.807) is 0 Å². The molecule has 0 atom stereocenters. The monoisotopic (exact) mass is 561 g/mol. The first kappa shape index (κ1) is 26.0. The van der Waals surface area contributed by atoms with Crippen molar-refractivity contribution >= 4 is 11.4 Å². The average Bonchev–Trinajstić information content (AvgIpc) is 3.41. The summed E-state index contributed by atoms with van der Waals surface area (Å²) in [6.45, 7) is 0. The zero-order valence-corrected chi connectivity index (χ0v) is 24.3. The second kappa shape index (κ2) is 10.9. The summed E-state index contributed by atoms with van der Waals surface area (Å²) >= 11 is 0. The quantitative estimate of drug-likeness (QED) is 0.213. The van der Waals surface area contributed by atoms with Crippen molar-refractivity contribution in [3.8, 4) is 33.4 Å². The van der Waals surface area contributed by atoms with Gasteiger partial charge >= 0.3 is 0 Å². The van der Waals surface area contributed by atoms with E-state index in [4.69, 9.17) is 0 Å². The summed E-state index contributed by atoms with van der Waals surface area (Å²) in [5, 5.41) is 3.66. The standard InChI is InChI=1S/C43H31N/c1-3-12-31(13-4-1)32-22-24-33(25-23-32)34-14-11-17-38(30-34)44-37-28-26-36(27-29-37)43(35-15-5-2-6-16-35)41-20-9-7-18-39(41)40-19-8-10-21-42(40)43/h1-30,44H. The van der Waals surface area contributed by atoms with Crippen molar-refractivity contribution in [2.24, 2.45) is 0 Å². The Bertz CT molecular complexity index is 2010. The zero-order chi connectivity index (χ0) is 29.3. The van der Waals surface area contributed by atoms with Crippen LogP contribution in [0.1, 0.15) is 22.3 Å². The fourth-order valence-electron chi connectivity index (χ4n) is 6.94. The first-order valence-corrected chi connectivity index (χ1v) is 15.2. The minimum absolute atomic E-state index is 0.376. The van der Waals surface area contributed by atoms with Crippen molar-refractivity contribution < 1.29 is 0 Å². The number of hydrogen-bond donors (Lipinski definition) is 1. The predicted molar refractivity (Wildman–Crippen MR) is 184 cm³/mol. The van der Waals surface area contributed by atoms with E-state index in [0.29, 0.717) is 0 Å². The molecule has 8 rings (SSSR count). The van der Waals surface area contributed by atoms with E-state index in [1.165, 1.54) is 55.6 Å². The SMILES string of the molecule is c1ccc(-c2ccc(-c3cccc(Nc4ccc(C5(c6ccccc6)c6ccccc6-c6ccccc65)cc4)c3)cc2)cc1. The van der Waals surface area contributed by atoms with Gasteiger partial charge < -0.3 is 5.32 Å². The van der Waals surface area contributed by atoms with Crippen LogP contribution >= 0.6 is 0 Å². The van der Waals surface area contributed by atoms with Crippen LogP contribution < -0.4 is 5.32 Å². The summed E-state index contributed by atoms with van der Waals surface area (Å²) in [5.74, 6) is 0. The number of nitrogens with one attached hydrogen (secondary N) is 1. The van der Waals surface area contributed by atoms with Crippen LogP contribution in [0.5, 0.6) is 0 Å². The molecule has 1 aliphatic carbocycles. The van der Waals surface area contributed by atoms with Crippen LogP contribution in [0.25, 0.3) is 33.4 Å². The molecule has 0 heterocycles. The lowest BCUT2D eigenvalue weighted by atomic mass is 9.68. The molecule has 0 saturated carbocycles.